The number of aliphatic hydroxyl groups excluding tert-OH is 1. The molecule has 0 amide bonds. The number of hydrogen-bond donors (Lipinski definition) is 2. The van der Waals surface area contributed by atoms with Gasteiger partial charge in [-0.15, -0.1) is 0 Å². The SMILES string of the molecule is CC(C)N1CCC2(CC1)CC(O)Nc1ccccc12. The van der Waals surface area contributed by atoms with Crippen molar-refractivity contribution >= 4 is 5.69 Å². The van der Waals surface area contributed by atoms with E-state index in [9.17, 15) is 5.11 Å². The van der Waals surface area contributed by atoms with Gasteiger partial charge in [0.05, 0.1) is 0 Å². The summed E-state index contributed by atoms with van der Waals surface area (Å²) in [5.74, 6) is 0. The molecule has 2 aliphatic heterocycles. The van der Waals surface area contributed by atoms with Crippen LogP contribution in [0.15, 0.2) is 24.3 Å². The second kappa shape index (κ2) is 4.80. The molecule has 3 rings (SSSR count). The molecule has 0 aromatic heterocycles. The smallest absolute Gasteiger partial charge is 0.125 e. The highest BCUT2D eigenvalue weighted by Gasteiger charge is 2.42. The molecular formula is C16H24N2O. The first-order chi connectivity index (χ1) is 9.11. The van der Waals surface area contributed by atoms with Crippen molar-refractivity contribution in [3.05, 3.63) is 29.8 Å². The molecule has 1 unspecified atom stereocenters. The van der Waals surface area contributed by atoms with Crippen molar-refractivity contribution in [2.75, 3.05) is 18.4 Å². The summed E-state index contributed by atoms with van der Waals surface area (Å²) in [6, 6.07) is 9.11. The lowest BCUT2D eigenvalue weighted by Crippen LogP contribution is -2.49. The fraction of sp³-hybridized carbons (Fsp3) is 0.625. The second-order valence-corrected chi connectivity index (χ2v) is 6.32. The zero-order valence-electron chi connectivity index (χ0n) is 11.9. The number of nitrogens with one attached hydrogen (secondary N) is 1. The Morgan fingerprint density at radius 1 is 1.26 bits per heavy atom. The zero-order chi connectivity index (χ0) is 13.5. The Balaban J connectivity index is 1.89. The Bertz CT molecular complexity index is 450. The van der Waals surface area contributed by atoms with Crippen molar-refractivity contribution in [3.63, 3.8) is 0 Å². The highest BCUT2D eigenvalue weighted by atomic mass is 16.3. The third-order valence-corrected chi connectivity index (χ3v) is 4.89. The lowest BCUT2D eigenvalue weighted by Gasteiger charge is -2.47. The molecular weight excluding hydrogens is 236 g/mol. The van der Waals surface area contributed by atoms with E-state index < -0.39 is 6.23 Å². The first-order valence-corrected chi connectivity index (χ1v) is 7.39. The van der Waals surface area contributed by atoms with Crippen LogP contribution in [0.4, 0.5) is 5.69 Å². The van der Waals surface area contributed by atoms with E-state index in [0.29, 0.717) is 6.04 Å². The maximum Gasteiger partial charge on any atom is 0.125 e. The second-order valence-electron chi connectivity index (χ2n) is 6.32. The minimum atomic E-state index is -0.402. The number of likely N-dealkylation sites (tertiary alicyclic amines) is 1. The van der Waals surface area contributed by atoms with Gasteiger partial charge in [0, 0.05) is 23.6 Å². The number of nitrogens with zero attached hydrogens (tertiary/aromatic N) is 1. The van der Waals surface area contributed by atoms with Crippen molar-refractivity contribution < 1.29 is 5.11 Å². The van der Waals surface area contributed by atoms with E-state index in [2.05, 4.69) is 42.3 Å². The Labute approximate surface area is 115 Å². The molecule has 1 atom stereocenters. The summed E-state index contributed by atoms with van der Waals surface area (Å²) < 4.78 is 0. The molecule has 0 aliphatic carbocycles. The third kappa shape index (κ3) is 2.26. The van der Waals surface area contributed by atoms with Crippen molar-refractivity contribution in [2.45, 2.75) is 50.8 Å². The summed E-state index contributed by atoms with van der Waals surface area (Å²) in [6.45, 7) is 6.81. The van der Waals surface area contributed by atoms with E-state index in [1.54, 1.807) is 0 Å². The maximum absolute atomic E-state index is 10.1. The summed E-state index contributed by atoms with van der Waals surface area (Å²) in [7, 11) is 0. The number of aliphatic hydroxyl groups is 1. The van der Waals surface area contributed by atoms with E-state index in [4.69, 9.17) is 0 Å². The predicted octanol–water partition coefficient (Wildman–Crippen LogP) is 2.56. The van der Waals surface area contributed by atoms with E-state index in [1.807, 2.05) is 6.07 Å². The van der Waals surface area contributed by atoms with Crippen LogP contribution in [0.3, 0.4) is 0 Å². The highest BCUT2D eigenvalue weighted by Crippen LogP contribution is 2.45. The van der Waals surface area contributed by atoms with Gasteiger partial charge in [0.25, 0.3) is 0 Å². The van der Waals surface area contributed by atoms with Crippen LogP contribution in [-0.2, 0) is 5.41 Å². The lowest BCUT2D eigenvalue weighted by molar-refractivity contribution is 0.0803. The molecule has 0 bridgehead atoms. The zero-order valence-corrected chi connectivity index (χ0v) is 11.9. The van der Waals surface area contributed by atoms with E-state index in [0.717, 1.165) is 38.0 Å². The molecule has 1 fully saturated rings. The fourth-order valence-electron chi connectivity index (χ4n) is 3.72. The standard InChI is InChI=1S/C16H24N2O/c1-12(2)18-9-7-16(8-10-18)11-15(19)17-14-6-4-3-5-13(14)16/h3-6,12,15,17,19H,7-11H2,1-2H3. The number of hydrogen-bond acceptors (Lipinski definition) is 3. The predicted molar refractivity (Wildman–Crippen MR) is 78.3 cm³/mol. The molecule has 1 spiro atoms. The van der Waals surface area contributed by atoms with Crippen LogP contribution in [0.2, 0.25) is 0 Å². The van der Waals surface area contributed by atoms with Crippen LogP contribution in [-0.4, -0.2) is 35.4 Å². The number of piperidine rings is 1. The molecule has 2 aliphatic rings. The third-order valence-electron chi connectivity index (χ3n) is 4.89. The van der Waals surface area contributed by atoms with Crippen LogP contribution >= 0.6 is 0 Å². The molecule has 0 radical (unpaired) electrons. The van der Waals surface area contributed by atoms with Crippen LogP contribution in [0.1, 0.15) is 38.7 Å². The number of rotatable bonds is 1. The molecule has 0 saturated carbocycles. The molecule has 2 N–H and O–H groups in total. The van der Waals surface area contributed by atoms with Crippen molar-refractivity contribution in [3.8, 4) is 0 Å². The van der Waals surface area contributed by atoms with Gasteiger partial charge >= 0.3 is 0 Å². The normalized spacial score (nSPS) is 26.2. The summed E-state index contributed by atoms with van der Waals surface area (Å²) in [6.07, 6.45) is 2.75. The Morgan fingerprint density at radius 3 is 2.63 bits per heavy atom. The van der Waals surface area contributed by atoms with Crippen molar-refractivity contribution in [2.24, 2.45) is 0 Å². The van der Waals surface area contributed by atoms with Gasteiger partial charge in [-0.25, -0.2) is 0 Å². The Kier molecular flexibility index (Phi) is 3.27. The van der Waals surface area contributed by atoms with Crippen LogP contribution in [0.5, 0.6) is 0 Å². The molecule has 1 saturated heterocycles. The summed E-state index contributed by atoms with van der Waals surface area (Å²) in [5, 5.41) is 13.3. The Morgan fingerprint density at radius 2 is 1.95 bits per heavy atom. The molecule has 1 aromatic carbocycles. The number of para-hydroxylation sites is 1. The summed E-state index contributed by atoms with van der Waals surface area (Å²) in [5.41, 5.74) is 2.70. The average molecular weight is 260 g/mol. The quantitative estimate of drug-likeness (QED) is 0.814. The van der Waals surface area contributed by atoms with Crippen LogP contribution < -0.4 is 5.32 Å². The topological polar surface area (TPSA) is 35.5 Å². The fourth-order valence-corrected chi connectivity index (χ4v) is 3.72. The van der Waals surface area contributed by atoms with Gasteiger partial charge in [-0.2, -0.15) is 0 Å². The van der Waals surface area contributed by atoms with Gasteiger partial charge in [0.15, 0.2) is 0 Å². The number of fused-ring (bicyclic) bond motifs is 2. The maximum atomic E-state index is 10.1. The van der Waals surface area contributed by atoms with E-state index in [1.165, 1.54) is 5.56 Å². The first kappa shape index (κ1) is 12.9. The van der Waals surface area contributed by atoms with Crippen LogP contribution in [0.25, 0.3) is 0 Å². The van der Waals surface area contributed by atoms with Gasteiger partial charge in [0.2, 0.25) is 0 Å². The van der Waals surface area contributed by atoms with Crippen LogP contribution in [0, 0.1) is 0 Å². The van der Waals surface area contributed by atoms with Crippen molar-refractivity contribution in [1.29, 1.82) is 0 Å². The number of anilines is 1. The summed E-state index contributed by atoms with van der Waals surface area (Å²) in [4.78, 5) is 2.54. The highest BCUT2D eigenvalue weighted by molar-refractivity contribution is 5.57. The largest absolute Gasteiger partial charge is 0.374 e. The Hall–Kier alpha value is -1.06. The number of benzene rings is 1. The van der Waals surface area contributed by atoms with Gasteiger partial charge in [-0.05, 0) is 51.4 Å². The van der Waals surface area contributed by atoms with E-state index >= 15 is 0 Å². The average Bonchev–Trinajstić information content (AvgIpc) is 2.39. The van der Waals surface area contributed by atoms with E-state index in [-0.39, 0.29) is 5.41 Å². The molecule has 104 valence electrons. The van der Waals surface area contributed by atoms with Gasteiger partial charge in [-0.1, -0.05) is 18.2 Å². The van der Waals surface area contributed by atoms with Gasteiger partial charge < -0.3 is 15.3 Å². The first-order valence-electron chi connectivity index (χ1n) is 7.39. The monoisotopic (exact) mass is 260 g/mol. The minimum Gasteiger partial charge on any atom is -0.374 e. The lowest BCUT2D eigenvalue weighted by atomic mass is 9.67. The van der Waals surface area contributed by atoms with Crippen molar-refractivity contribution in [1.82, 2.24) is 4.90 Å². The molecule has 1 aromatic rings. The molecule has 3 nitrogen and oxygen atoms in total. The minimum absolute atomic E-state index is 0.173. The summed E-state index contributed by atoms with van der Waals surface area (Å²) >= 11 is 0. The molecule has 3 heteroatoms. The van der Waals surface area contributed by atoms with Gasteiger partial charge in [-0.3, -0.25) is 0 Å². The molecule has 19 heavy (non-hydrogen) atoms. The molecule has 2 heterocycles. The van der Waals surface area contributed by atoms with Gasteiger partial charge in [0.1, 0.15) is 6.23 Å².